The molecule has 2 nitrogen and oxygen atoms in total. The number of hydrogen-bond donors (Lipinski definition) is 0. The summed E-state index contributed by atoms with van der Waals surface area (Å²) >= 11 is 1.74. The van der Waals surface area contributed by atoms with Gasteiger partial charge in [-0.1, -0.05) is 26.8 Å². The zero-order valence-electron chi connectivity index (χ0n) is 10.8. The number of carbonyl (C=O) groups excluding carboxylic acids is 1. The van der Waals surface area contributed by atoms with Crippen molar-refractivity contribution in [3.8, 4) is 0 Å². The molecule has 0 saturated heterocycles. The molecule has 0 amide bonds. The molecule has 1 rings (SSSR count). The molecule has 0 bridgehead atoms. The van der Waals surface area contributed by atoms with Crippen molar-refractivity contribution in [1.29, 1.82) is 0 Å². The van der Waals surface area contributed by atoms with Gasteiger partial charge in [0.25, 0.3) is 0 Å². The van der Waals surface area contributed by atoms with Crippen molar-refractivity contribution in [1.82, 2.24) is 4.90 Å². The second-order valence-electron chi connectivity index (χ2n) is 5.28. The van der Waals surface area contributed by atoms with Gasteiger partial charge in [-0.05, 0) is 25.4 Å². The Morgan fingerprint density at radius 2 is 2.12 bits per heavy atom. The standard InChI is InChI=1S/C13H21NOS/c1-10(11-7-6-8-16-11)14(5)9-12(15)13(2,3)4/h6-8,10H,9H2,1-5H3. The molecule has 0 saturated carbocycles. The van der Waals surface area contributed by atoms with Crippen molar-refractivity contribution in [3.63, 3.8) is 0 Å². The number of thiophene rings is 1. The lowest BCUT2D eigenvalue weighted by Gasteiger charge is -2.26. The van der Waals surface area contributed by atoms with Crippen LogP contribution in [0.4, 0.5) is 0 Å². The van der Waals surface area contributed by atoms with Crippen molar-refractivity contribution < 1.29 is 4.79 Å². The summed E-state index contributed by atoms with van der Waals surface area (Å²) in [5.41, 5.74) is -0.247. The van der Waals surface area contributed by atoms with Crippen LogP contribution in [0.1, 0.15) is 38.6 Å². The van der Waals surface area contributed by atoms with Crippen molar-refractivity contribution in [2.45, 2.75) is 33.7 Å². The van der Waals surface area contributed by atoms with E-state index in [1.54, 1.807) is 11.3 Å². The van der Waals surface area contributed by atoms with Crippen molar-refractivity contribution in [2.75, 3.05) is 13.6 Å². The Labute approximate surface area is 102 Å². The van der Waals surface area contributed by atoms with Gasteiger partial charge in [0.2, 0.25) is 0 Å². The van der Waals surface area contributed by atoms with Crippen LogP contribution in [-0.2, 0) is 4.79 Å². The van der Waals surface area contributed by atoms with Crippen LogP contribution < -0.4 is 0 Å². The highest BCUT2D eigenvalue weighted by atomic mass is 32.1. The second kappa shape index (κ2) is 5.11. The molecule has 1 unspecified atom stereocenters. The first kappa shape index (κ1) is 13.4. The van der Waals surface area contributed by atoms with Gasteiger partial charge in [0.15, 0.2) is 5.78 Å². The molecule has 0 radical (unpaired) electrons. The fourth-order valence-corrected chi connectivity index (χ4v) is 2.20. The molecule has 3 heteroatoms. The van der Waals surface area contributed by atoms with E-state index in [9.17, 15) is 4.79 Å². The molecule has 0 aliphatic heterocycles. The van der Waals surface area contributed by atoms with E-state index in [0.29, 0.717) is 18.4 Å². The summed E-state index contributed by atoms with van der Waals surface area (Å²) in [5.74, 6) is 0.290. The van der Waals surface area contributed by atoms with Gasteiger partial charge in [-0.15, -0.1) is 11.3 Å². The maximum atomic E-state index is 11.9. The lowest BCUT2D eigenvalue weighted by atomic mass is 9.90. The van der Waals surface area contributed by atoms with Gasteiger partial charge in [0.1, 0.15) is 0 Å². The molecule has 16 heavy (non-hydrogen) atoms. The van der Waals surface area contributed by atoms with E-state index < -0.39 is 0 Å². The Morgan fingerprint density at radius 3 is 2.56 bits per heavy atom. The summed E-state index contributed by atoms with van der Waals surface area (Å²) in [5, 5.41) is 2.07. The first-order valence-electron chi connectivity index (χ1n) is 5.59. The lowest BCUT2D eigenvalue weighted by molar-refractivity contribution is -0.127. The topological polar surface area (TPSA) is 20.3 Å². The van der Waals surface area contributed by atoms with Gasteiger partial charge in [-0.3, -0.25) is 9.69 Å². The van der Waals surface area contributed by atoms with Gasteiger partial charge < -0.3 is 0 Å². The number of Topliss-reactive ketones (excluding diaryl/α,β-unsaturated/α-hetero) is 1. The van der Waals surface area contributed by atoms with Crippen LogP contribution in [0.25, 0.3) is 0 Å². The third-order valence-corrected chi connectivity index (χ3v) is 3.89. The minimum absolute atomic E-state index is 0.247. The summed E-state index contributed by atoms with van der Waals surface area (Å²) < 4.78 is 0. The molecule has 90 valence electrons. The Kier molecular flexibility index (Phi) is 4.28. The first-order chi connectivity index (χ1) is 7.32. The van der Waals surface area contributed by atoms with Crippen LogP contribution >= 0.6 is 11.3 Å². The third-order valence-electron chi connectivity index (χ3n) is 2.85. The summed E-state index contributed by atoms with van der Waals surface area (Å²) in [6.45, 7) is 8.57. The van der Waals surface area contributed by atoms with E-state index in [4.69, 9.17) is 0 Å². The average molecular weight is 239 g/mol. The maximum absolute atomic E-state index is 11.9. The van der Waals surface area contributed by atoms with Crippen LogP contribution in [0.3, 0.4) is 0 Å². The molecule has 0 aromatic carbocycles. The number of ketones is 1. The summed E-state index contributed by atoms with van der Waals surface area (Å²) in [6.07, 6.45) is 0. The molecule has 0 N–H and O–H groups in total. The molecular formula is C13H21NOS. The van der Waals surface area contributed by atoms with Crippen molar-refractivity contribution >= 4 is 17.1 Å². The van der Waals surface area contributed by atoms with Crippen LogP contribution in [-0.4, -0.2) is 24.3 Å². The second-order valence-corrected chi connectivity index (χ2v) is 6.26. The monoisotopic (exact) mass is 239 g/mol. The predicted molar refractivity (Wildman–Crippen MR) is 69.8 cm³/mol. The van der Waals surface area contributed by atoms with Gasteiger partial charge >= 0.3 is 0 Å². The smallest absolute Gasteiger partial charge is 0.152 e. The zero-order chi connectivity index (χ0) is 12.3. The minimum atomic E-state index is -0.247. The highest BCUT2D eigenvalue weighted by molar-refractivity contribution is 7.10. The van der Waals surface area contributed by atoms with Crippen LogP contribution in [0.15, 0.2) is 17.5 Å². The molecule has 1 aromatic heterocycles. The molecule has 0 fully saturated rings. The summed E-state index contributed by atoms with van der Waals surface area (Å²) in [6, 6.07) is 4.48. The Morgan fingerprint density at radius 1 is 1.50 bits per heavy atom. The number of nitrogens with zero attached hydrogens (tertiary/aromatic N) is 1. The van der Waals surface area contributed by atoms with Gasteiger partial charge in [0, 0.05) is 16.3 Å². The van der Waals surface area contributed by atoms with E-state index in [1.165, 1.54) is 4.88 Å². The maximum Gasteiger partial charge on any atom is 0.152 e. The van der Waals surface area contributed by atoms with E-state index >= 15 is 0 Å². The highest BCUT2D eigenvalue weighted by Gasteiger charge is 2.24. The minimum Gasteiger partial charge on any atom is -0.298 e. The van der Waals surface area contributed by atoms with Crippen molar-refractivity contribution in [2.24, 2.45) is 5.41 Å². The number of carbonyl (C=O) groups is 1. The zero-order valence-corrected chi connectivity index (χ0v) is 11.6. The van der Waals surface area contributed by atoms with Gasteiger partial charge in [0.05, 0.1) is 6.54 Å². The normalized spacial score (nSPS) is 14.1. The Bertz CT molecular complexity index is 337. The molecule has 0 aliphatic carbocycles. The molecular weight excluding hydrogens is 218 g/mol. The lowest BCUT2D eigenvalue weighted by Crippen LogP contribution is -2.34. The SMILES string of the molecule is CC(c1cccs1)N(C)CC(=O)C(C)(C)C. The van der Waals surface area contributed by atoms with Crippen LogP contribution in [0.2, 0.25) is 0 Å². The quantitative estimate of drug-likeness (QED) is 0.803. The molecule has 1 aromatic rings. The summed E-state index contributed by atoms with van der Waals surface area (Å²) in [7, 11) is 2.01. The van der Waals surface area contributed by atoms with Crippen molar-refractivity contribution in [3.05, 3.63) is 22.4 Å². The molecule has 1 heterocycles. The number of likely N-dealkylation sites (N-methyl/N-ethyl adjacent to an activating group) is 1. The Balaban J connectivity index is 2.59. The average Bonchev–Trinajstić information content (AvgIpc) is 2.67. The Hall–Kier alpha value is -0.670. The number of rotatable bonds is 4. The molecule has 0 aliphatic rings. The van der Waals surface area contributed by atoms with E-state index in [-0.39, 0.29) is 5.41 Å². The van der Waals surface area contributed by atoms with E-state index in [0.717, 1.165) is 0 Å². The predicted octanol–water partition coefficient (Wildman–Crippen LogP) is 3.36. The molecule has 1 atom stereocenters. The van der Waals surface area contributed by atoms with Crippen LogP contribution in [0, 0.1) is 5.41 Å². The van der Waals surface area contributed by atoms with E-state index in [1.807, 2.05) is 27.8 Å². The largest absolute Gasteiger partial charge is 0.298 e. The molecule has 0 spiro atoms. The van der Waals surface area contributed by atoms with Gasteiger partial charge in [-0.2, -0.15) is 0 Å². The van der Waals surface area contributed by atoms with E-state index in [2.05, 4.69) is 29.3 Å². The van der Waals surface area contributed by atoms with Crippen LogP contribution in [0.5, 0.6) is 0 Å². The third kappa shape index (κ3) is 3.42. The van der Waals surface area contributed by atoms with Gasteiger partial charge in [-0.25, -0.2) is 0 Å². The fraction of sp³-hybridized carbons (Fsp3) is 0.615. The number of hydrogen-bond acceptors (Lipinski definition) is 3. The fourth-order valence-electron chi connectivity index (χ4n) is 1.35. The highest BCUT2D eigenvalue weighted by Crippen LogP contribution is 2.24. The summed E-state index contributed by atoms with van der Waals surface area (Å²) in [4.78, 5) is 15.3. The first-order valence-corrected chi connectivity index (χ1v) is 6.47.